The van der Waals surface area contributed by atoms with Crippen molar-refractivity contribution in [3.8, 4) is 5.75 Å². The maximum Gasteiger partial charge on any atom is 0.459 e. The summed E-state index contributed by atoms with van der Waals surface area (Å²) in [6, 6.07) is 7.86. The van der Waals surface area contributed by atoms with E-state index in [-0.39, 0.29) is 5.75 Å². The number of aliphatic hydroxyl groups is 1. The van der Waals surface area contributed by atoms with Crippen molar-refractivity contribution in [2.45, 2.75) is 63.9 Å². The summed E-state index contributed by atoms with van der Waals surface area (Å²) in [5, 5.41) is 13.0. The lowest BCUT2D eigenvalue weighted by molar-refractivity contribution is -0.149. The van der Waals surface area contributed by atoms with Gasteiger partial charge in [-0.3, -0.25) is 23.7 Å². The lowest BCUT2D eigenvalue weighted by atomic mass is 9.98. The van der Waals surface area contributed by atoms with Gasteiger partial charge in [-0.05, 0) is 39.8 Å². The van der Waals surface area contributed by atoms with Crippen molar-refractivity contribution >= 4 is 13.7 Å². The van der Waals surface area contributed by atoms with Crippen LogP contribution in [0.5, 0.6) is 5.75 Å². The molecule has 0 aliphatic carbocycles. The molecule has 36 heavy (non-hydrogen) atoms. The number of H-pyrrole nitrogens is 1. The van der Waals surface area contributed by atoms with Gasteiger partial charge in [0.1, 0.15) is 24.0 Å². The van der Waals surface area contributed by atoms with Gasteiger partial charge in [0.2, 0.25) is 0 Å². The third kappa shape index (κ3) is 6.48. The summed E-state index contributed by atoms with van der Waals surface area (Å²) < 4.78 is 51.4. The molecule has 3 N–H and O–H groups in total. The smallest absolute Gasteiger partial charge is 0.459 e. The van der Waals surface area contributed by atoms with Crippen molar-refractivity contribution in [1.82, 2.24) is 14.6 Å². The van der Waals surface area contributed by atoms with Gasteiger partial charge in [0.05, 0.1) is 12.7 Å². The molecular weight excluding hydrogens is 500 g/mol. The molecule has 6 atom stereocenters. The number of hydrogen-bond donors (Lipinski definition) is 3. The van der Waals surface area contributed by atoms with Crippen molar-refractivity contribution in [2.24, 2.45) is 0 Å². The zero-order valence-electron chi connectivity index (χ0n) is 20.1. The van der Waals surface area contributed by atoms with Crippen molar-refractivity contribution < 1.29 is 37.4 Å². The SMILES string of the molecule is CC(C)OC(=O)[C@@H](C)NP(=O)(OC[C@H]1O[C@@H](n2ccc(=O)[nH]c2=O)[C@](C)(F)[C@@H]1O)Oc1ccccc1. The molecule has 0 bridgehead atoms. The Hall–Kier alpha value is -2.83. The topological polar surface area (TPSA) is 158 Å². The maximum absolute atomic E-state index is 15.4. The Morgan fingerprint density at radius 1 is 1.28 bits per heavy atom. The number of halogens is 1. The van der Waals surface area contributed by atoms with Crippen molar-refractivity contribution in [1.29, 1.82) is 0 Å². The molecule has 0 saturated carbocycles. The predicted octanol–water partition coefficient (Wildman–Crippen LogP) is 1.66. The second kappa shape index (κ2) is 11.1. The number of aliphatic hydroxyl groups excluding tert-OH is 1. The van der Waals surface area contributed by atoms with Crippen LogP contribution in [0.4, 0.5) is 4.39 Å². The number of nitrogens with one attached hydrogen (secondary N) is 2. The Labute approximate surface area is 205 Å². The first-order chi connectivity index (χ1) is 16.8. The molecule has 12 nitrogen and oxygen atoms in total. The number of aromatic nitrogens is 2. The molecule has 0 amide bonds. The molecule has 1 saturated heterocycles. The van der Waals surface area contributed by atoms with E-state index < -0.39 is 67.8 Å². The van der Waals surface area contributed by atoms with Crippen LogP contribution in [0.1, 0.15) is 33.9 Å². The first-order valence-electron chi connectivity index (χ1n) is 11.1. The summed E-state index contributed by atoms with van der Waals surface area (Å²) >= 11 is 0. The van der Waals surface area contributed by atoms with Crippen LogP contribution < -0.4 is 20.9 Å². The molecule has 1 aliphatic heterocycles. The minimum atomic E-state index is -4.30. The highest BCUT2D eigenvalue weighted by Crippen LogP contribution is 2.47. The molecule has 0 spiro atoms. The molecule has 0 radical (unpaired) electrons. The number of esters is 1. The number of rotatable bonds is 10. The van der Waals surface area contributed by atoms with Crippen LogP contribution in [0.25, 0.3) is 0 Å². The van der Waals surface area contributed by atoms with Gasteiger partial charge in [-0.25, -0.2) is 13.8 Å². The van der Waals surface area contributed by atoms with E-state index in [9.17, 15) is 24.1 Å². The van der Waals surface area contributed by atoms with E-state index in [2.05, 4.69) is 5.09 Å². The quantitative estimate of drug-likeness (QED) is 0.305. The van der Waals surface area contributed by atoms with Gasteiger partial charge in [0, 0.05) is 12.3 Å². The Morgan fingerprint density at radius 3 is 2.56 bits per heavy atom. The van der Waals surface area contributed by atoms with Crippen molar-refractivity contribution in [3.63, 3.8) is 0 Å². The average Bonchev–Trinajstić information content (AvgIpc) is 3.01. The fourth-order valence-electron chi connectivity index (χ4n) is 3.47. The number of carbonyl (C=O) groups excluding carboxylic acids is 1. The fourth-order valence-corrected chi connectivity index (χ4v) is 4.97. The van der Waals surface area contributed by atoms with E-state index in [1.54, 1.807) is 32.0 Å². The summed E-state index contributed by atoms with van der Waals surface area (Å²) in [6.07, 6.45) is -4.21. The maximum atomic E-state index is 15.4. The summed E-state index contributed by atoms with van der Waals surface area (Å²) in [6.45, 7) is 5.07. The van der Waals surface area contributed by atoms with E-state index in [4.69, 9.17) is 18.5 Å². The first kappa shape index (κ1) is 27.8. The molecule has 1 aliphatic rings. The van der Waals surface area contributed by atoms with Gasteiger partial charge in [0.25, 0.3) is 5.56 Å². The molecule has 1 unspecified atom stereocenters. The third-order valence-corrected chi connectivity index (χ3v) is 6.90. The van der Waals surface area contributed by atoms with Gasteiger partial charge >= 0.3 is 19.4 Å². The number of carbonyl (C=O) groups is 1. The van der Waals surface area contributed by atoms with E-state index in [0.29, 0.717) is 0 Å². The van der Waals surface area contributed by atoms with Crippen molar-refractivity contribution in [3.05, 3.63) is 63.4 Å². The van der Waals surface area contributed by atoms with Crippen LogP contribution in [0.3, 0.4) is 0 Å². The van der Waals surface area contributed by atoms with E-state index in [1.807, 2.05) is 4.98 Å². The van der Waals surface area contributed by atoms with Crippen LogP contribution in [-0.4, -0.2) is 57.3 Å². The molecule has 1 fully saturated rings. The van der Waals surface area contributed by atoms with Gasteiger partial charge in [0.15, 0.2) is 11.9 Å². The van der Waals surface area contributed by atoms with E-state index in [0.717, 1.165) is 23.8 Å². The number of benzene rings is 1. The number of ether oxygens (including phenoxy) is 2. The van der Waals surface area contributed by atoms with Crippen molar-refractivity contribution in [2.75, 3.05) is 6.61 Å². The predicted molar refractivity (Wildman–Crippen MR) is 125 cm³/mol. The third-order valence-electron chi connectivity index (χ3n) is 5.26. The lowest BCUT2D eigenvalue weighted by Gasteiger charge is -2.25. The summed E-state index contributed by atoms with van der Waals surface area (Å²) in [5.74, 6) is -0.560. The van der Waals surface area contributed by atoms with Crippen LogP contribution in [0.2, 0.25) is 0 Å². The molecule has 198 valence electrons. The summed E-state index contributed by atoms with van der Waals surface area (Å²) in [7, 11) is -4.30. The number of para-hydroxylation sites is 1. The zero-order chi connectivity index (χ0) is 26.7. The Morgan fingerprint density at radius 2 is 1.94 bits per heavy atom. The number of alkyl halides is 1. The Bertz CT molecular complexity index is 1220. The summed E-state index contributed by atoms with van der Waals surface area (Å²) in [5.41, 5.74) is -4.12. The van der Waals surface area contributed by atoms with Crippen LogP contribution >= 0.6 is 7.75 Å². The van der Waals surface area contributed by atoms with E-state index >= 15 is 4.39 Å². The molecule has 14 heteroatoms. The Balaban J connectivity index is 1.80. The van der Waals surface area contributed by atoms with Crippen LogP contribution in [0, 0.1) is 0 Å². The minimum Gasteiger partial charge on any atom is -0.462 e. The van der Waals surface area contributed by atoms with Crippen LogP contribution in [-0.2, 0) is 23.4 Å². The summed E-state index contributed by atoms with van der Waals surface area (Å²) in [4.78, 5) is 37.7. The van der Waals surface area contributed by atoms with Gasteiger partial charge in [-0.15, -0.1) is 0 Å². The normalized spacial score (nSPS) is 26.4. The second-order valence-corrected chi connectivity index (χ2v) is 10.4. The second-order valence-electron chi connectivity index (χ2n) is 8.67. The number of nitrogens with zero attached hydrogens (tertiary/aromatic N) is 1. The Kier molecular flexibility index (Phi) is 8.52. The molecule has 1 aromatic carbocycles. The van der Waals surface area contributed by atoms with Crippen LogP contribution in [0.15, 0.2) is 52.2 Å². The molecule has 2 heterocycles. The molecule has 2 aromatic rings. The van der Waals surface area contributed by atoms with Gasteiger partial charge in [-0.2, -0.15) is 5.09 Å². The highest BCUT2D eigenvalue weighted by Gasteiger charge is 2.55. The molecule has 3 rings (SSSR count). The van der Waals surface area contributed by atoms with Gasteiger partial charge < -0.3 is 19.1 Å². The number of hydrogen-bond acceptors (Lipinski definition) is 9. The minimum absolute atomic E-state index is 0.152. The monoisotopic (exact) mass is 529 g/mol. The highest BCUT2D eigenvalue weighted by molar-refractivity contribution is 7.52. The lowest BCUT2D eigenvalue weighted by Crippen LogP contribution is -2.43. The average molecular weight is 529 g/mol. The molecule has 1 aromatic heterocycles. The first-order valence-corrected chi connectivity index (χ1v) is 12.7. The standard InChI is InChI=1S/C22H29FN3O9P/c1-13(2)33-19(29)14(3)25-36(31,35-15-8-6-5-7-9-15)32-12-16-18(28)22(4,23)20(34-16)26-11-10-17(27)24-21(26)30/h5-11,13-14,16,18,20,28H,12H2,1-4H3,(H,25,31)(H,24,27,30)/t14-,16-,18-,20-,22-,36?/m1/s1. The fraction of sp³-hybridized carbons (Fsp3) is 0.500. The van der Waals surface area contributed by atoms with Gasteiger partial charge in [-0.1, -0.05) is 18.2 Å². The largest absolute Gasteiger partial charge is 0.462 e. The molecular formula is C22H29FN3O9P. The zero-order valence-corrected chi connectivity index (χ0v) is 21.0. The van der Waals surface area contributed by atoms with E-state index in [1.165, 1.54) is 19.1 Å². The number of aromatic amines is 1. The highest BCUT2D eigenvalue weighted by atomic mass is 31.2.